The molecule has 0 fully saturated rings. The highest BCUT2D eigenvalue weighted by Crippen LogP contribution is 2.45. The first-order chi connectivity index (χ1) is 35.0. The van der Waals surface area contributed by atoms with E-state index >= 15 is 0 Å². The maximum Gasteiger partial charge on any atom is 0.136 e. The monoisotopic (exact) mass is 624 g/mol. The second kappa shape index (κ2) is 10.2. The quantitative estimate of drug-likeness (QED) is 0.178. The first-order valence-electron chi connectivity index (χ1n) is 27.9. The Morgan fingerprint density at radius 1 is 0.319 bits per heavy atom. The van der Waals surface area contributed by atoms with Gasteiger partial charge in [0.25, 0.3) is 0 Å². The zero-order chi connectivity index (χ0) is 55.3. The highest BCUT2D eigenvalue weighted by atomic mass is 16.3. The molecule has 0 N–H and O–H groups in total. The number of hydrogen-bond donors (Lipinski definition) is 0. The van der Waals surface area contributed by atoms with Gasteiger partial charge >= 0.3 is 0 Å². The normalized spacial score (nSPS) is 20.2. The summed E-state index contributed by atoms with van der Waals surface area (Å²) in [5.41, 5.74) is -5.81. The Labute approximate surface area is 311 Å². The van der Waals surface area contributed by atoms with Crippen LogP contribution in [0.1, 0.15) is 38.4 Å². The van der Waals surface area contributed by atoms with E-state index in [4.69, 9.17) is 26.3 Å². The summed E-state index contributed by atoms with van der Waals surface area (Å²) >= 11 is 0. The SMILES string of the molecule is [2H]c1c([2H])c(-c2c3c([2H])c([2H])c([2H])c([2H])c3c(-c3c([2H])c([2H])c4oc5c([2H])c6c([2H])c([2H])c([2H])c([2H])c6c([2H])c5c4c3[2H])c3c([2H])c([2H])c([2H])c([2H])c23)c([2H])c([2H])c1-c1c([2H])c([2H])c([2H])c2c([2H])c([2H])c([2H])c([2H])c12. The van der Waals surface area contributed by atoms with E-state index in [0.29, 0.717) is 0 Å². The van der Waals surface area contributed by atoms with Gasteiger partial charge in [-0.05, 0) is 101 Å². The van der Waals surface area contributed by atoms with Gasteiger partial charge in [0.15, 0.2) is 0 Å². The fourth-order valence-corrected chi connectivity index (χ4v) is 5.67. The molecule has 0 unspecified atom stereocenters. The summed E-state index contributed by atoms with van der Waals surface area (Å²) in [4.78, 5) is 0. The minimum absolute atomic E-state index is 0.447. The second-order valence-electron chi connectivity index (χ2n) is 10.3. The van der Waals surface area contributed by atoms with Crippen LogP contribution >= 0.6 is 0 Å². The zero-order valence-corrected chi connectivity index (χ0v) is 23.4. The highest BCUT2D eigenvalue weighted by molar-refractivity contribution is 6.22. The van der Waals surface area contributed by atoms with Crippen molar-refractivity contribution in [2.45, 2.75) is 0 Å². The van der Waals surface area contributed by atoms with Crippen LogP contribution in [0.15, 0.2) is 174 Å². The smallest absolute Gasteiger partial charge is 0.136 e. The molecule has 0 saturated carbocycles. The lowest BCUT2D eigenvalue weighted by Crippen LogP contribution is -1.91. The molecule has 0 atom stereocenters. The molecule has 9 aromatic carbocycles. The van der Waals surface area contributed by atoms with E-state index in [1.54, 1.807) is 0 Å². The van der Waals surface area contributed by atoms with E-state index in [-0.39, 0.29) is 0 Å². The summed E-state index contributed by atoms with van der Waals surface area (Å²) in [5, 5.41) is -6.09. The minimum atomic E-state index is -1.10. The largest absolute Gasteiger partial charge is 0.456 e. The van der Waals surface area contributed by atoms with E-state index in [1.165, 1.54) is 0 Å². The van der Waals surface area contributed by atoms with Crippen LogP contribution in [0.25, 0.3) is 98.4 Å². The van der Waals surface area contributed by atoms with E-state index in [2.05, 4.69) is 0 Å². The fraction of sp³-hybridized carbons (Fsp3) is 0. The molecule has 0 radical (unpaired) electrons. The van der Waals surface area contributed by atoms with Gasteiger partial charge in [-0.15, -0.1) is 0 Å². The van der Waals surface area contributed by atoms with Crippen molar-refractivity contribution in [3.63, 3.8) is 0 Å². The Kier molecular flexibility index (Phi) is 2.31. The van der Waals surface area contributed by atoms with Gasteiger partial charge in [-0.3, -0.25) is 0 Å². The predicted octanol–water partition coefficient (Wildman–Crippen LogP) is 13.2. The van der Waals surface area contributed by atoms with Crippen LogP contribution < -0.4 is 0 Å². The molecule has 0 aliphatic carbocycles. The molecule has 1 heterocycles. The van der Waals surface area contributed by atoms with Gasteiger partial charge in [-0.25, -0.2) is 0 Å². The average Bonchev–Trinajstić information content (AvgIpc) is 3.80. The highest BCUT2D eigenvalue weighted by Gasteiger charge is 2.18. The maximum atomic E-state index is 9.81. The molecular weight excluding hydrogens is 569 g/mol. The van der Waals surface area contributed by atoms with Gasteiger partial charge in [0.1, 0.15) is 11.2 Å². The van der Waals surface area contributed by atoms with E-state index in [1.807, 2.05) is 0 Å². The van der Waals surface area contributed by atoms with Gasteiger partial charge in [0.2, 0.25) is 0 Å². The lowest BCUT2D eigenvalue weighted by molar-refractivity contribution is 0.669. The van der Waals surface area contributed by atoms with Crippen molar-refractivity contribution in [1.82, 2.24) is 0 Å². The second-order valence-corrected chi connectivity index (χ2v) is 10.3. The molecule has 1 nitrogen and oxygen atoms in total. The van der Waals surface area contributed by atoms with Gasteiger partial charge < -0.3 is 4.42 Å². The van der Waals surface area contributed by atoms with Gasteiger partial charge in [-0.1, -0.05) is 145 Å². The van der Waals surface area contributed by atoms with E-state index < -0.39 is 268 Å². The zero-order valence-electron chi connectivity index (χ0n) is 51.4. The van der Waals surface area contributed by atoms with Crippen LogP contribution in [0, 0.1) is 0 Å². The predicted molar refractivity (Wildman–Crippen MR) is 200 cm³/mol. The first-order valence-corrected chi connectivity index (χ1v) is 13.9. The van der Waals surface area contributed by atoms with Crippen molar-refractivity contribution in [1.29, 1.82) is 0 Å². The van der Waals surface area contributed by atoms with Crippen molar-refractivity contribution >= 4 is 65.0 Å². The fourth-order valence-electron chi connectivity index (χ4n) is 5.67. The van der Waals surface area contributed by atoms with E-state index in [9.17, 15) is 16.4 Å². The molecule has 0 aliphatic heterocycles. The summed E-state index contributed by atoms with van der Waals surface area (Å²) in [7, 11) is 0. The number of furan rings is 1. The Hall–Kier alpha value is -6.18. The molecule has 1 aromatic heterocycles. The van der Waals surface area contributed by atoms with Crippen LogP contribution in [0.2, 0.25) is 0 Å². The molecule has 47 heavy (non-hydrogen) atoms. The third-order valence-corrected chi connectivity index (χ3v) is 7.70. The lowest BCUT2D eigenvalue weighted by Gasteiger charge is -2.18. The number of fused-ring (bicyclic) bond motifs is 7. The van der Waals surface area contributed by atoms with Crippen molar-refractivity contribution in [3.05, 3.63) is 169 Å². The van der Waals surface area contributed by atoms with Crippen LogP contribution in [0.4, 0.5) is 0 Å². The number of hydrogen-bond acceptors (Lipinski definition) is 1. The molecule has 1 heteroatoms. The third kappa shape index (κ3) is 4.03. The molecular formula is C46H28O. The lowest BCUT2D eigenvalue weighted by atomic mass is 9.85. The summed E-state index contributed by atoms with van der Waals surface area (Å²) in [5.74, 6) is 0. The Bertz CT molecular complexity index is 4330. The van der Waals surface area contributed by atoms with Crippen molar-refractivity contribution in [3.8, 4) is 33.4 Å². The Morgan fingerprint density at radius 2 is 0.809 bits per heavy atom. The number of rotatable bonds is 3. The third-order valence-electron chi connectivity index (χ3n) is 7.70. The van der Waals surface area contributed by atoms with Crippen molar-refractivity contribution < 1.29 is 42.8 Å². The Balaban J connectivity index is 1.45. The molecule has 218 valence electrons. The summed E-state index contributed by atoms with van der Waals surface area (Å²) in [6, 6.07) is -25.5. The molecule has 0 amide bonds. The summed E-state index contributed by atoms with van der Waals surface area (Å²) in [6.45, 7) is 0. The first kappa shape index (κ1) is 10.7. The minimum Gasteiger partial charge on any atom is -0.456 e. The van der Waals surface area contributed by atoms with Crippen LogP contribution in [-0.2, 0) is 0 Å². The van der Waals surface area contributed by atoms with Crippen LogP contribution in [-0.4, -0.2) is 0 Å². The molecule has 10 rings (SSSR count). The standard InChI is InChI=1S/C46H28O/c1-2-12-33-28-44-42(26-32(33)11-1)41-27-34(24-25-43(41)47-44)46-39-17-7-5-15-37(39)45(38-16-6-8-18-40(38)46)31-22-20-30(21-23-31)36-19-9-13-29-10-3-4-14-35(29)36/h1-28H/i1D,2D,3D,4D,5D,6D,7D,8D,9D,10D,11D,12D,13D,14D,15D,16D,17D,18D,19D,20D,21D,22D,23D,24D,25D,26D,27D,28D. The molecule has 10 aromatic rings. The topological polar surface area (TPSA) is 13.1 Å². The van der Waals surface area contributed by atoms with Crippen LogP contribution in [0.5, 0.6) is 0 Å². The summed E-state index contributed by atoms with van der Waals surface area (Å²) < 4.78 is 258. The van der Waals surface area contributed by atoms with E-state index in [0.717, 1.165) is 0 Å². The Morgan fingerprint density at radius 3 is 1.49 bits per heavy atom. The van der Waals surface area contributed by atoms with Gasteiger partial charge in [0, 0.05) is 10.8 Å². The molecule has 0 aliphatic rings. The van der Waals surface area contributed by atoms with Crippen molar-refractivity contribution in [2.24, 2.45) is 0 Å². The van der Waals surface area contributed by atoms with Crippen LogP contribution in [0.3, 0.4) is 0 Å². The molecule has 0 bridgehead atoms. The number of benzene rings is 9. The average molecular weight is 625 g/mol. The molecule has 0 spiro atoms. The summed E-state index contributed by atoms with van der Waals surface area (Å²) in [6.07, 6.45) is 0. The van der Waals surface area contributed by atoms with Crippen molar-refractivity contribution in [2.75, 3.05) is 0 Å². The maximum absolute atomic E-state index is 9.81. The van der Waals surface area contributed by atoms with Gasteiger partial charge in [-0.2, -0.15) is 0 Å². The molecule has 0 saturated heterocycles. The van der Waals surface area contributed by atoms with Gasteiger partial charge in [0.05, 0.1) is 38.4 Å².